The molecule has 1 N–H and O–H groups in total. The van der Waals surface area contributed by atoms with Crippen molar-refractivity contribution >= 4 is 56.7 Å². The number of hydrogen-bond donors (Lipinski definition) is 1. The van der Waals surface area contributed by atoms with Crippen molar-refractivity contribution in [3.05, 3.63) is 64.9 Å². The lowest BCUT2D eigenvalue weighted by atomic mass is 10.1. The number of benzene rings is 2. The zero-order valence-corrected chi connectivity index (χ0v) is 18.2. The van der Waals surface area contributed by atoms with Gasteiger partial charge in [-0.3, -0.25) is 4.79 Å². The quantitative estimate of drug-likeness (QED) is 0.316. The van der Waals surface area contributed by atoms with Gasteiger partial charge in [0.05, 0.1) is 5.75 Å². The van der Waals surface area contributed by atoms with Gasteiger partial charge in [-0.15, -0.1) is 0 Å². The molecule has 0 unspecified atom stereocenters. The molecule has 0 aliphatic rings. The second-order valence-corrected chi connectivity index (χ2v) is 8.72. The average Bonchev–Trinajstić information content (AvgIpc) is 3.14. The summed E-state index contributed by atoms with van der Waals surface area (Å²) < 4.78 is 5.43. The van der Waals surface area contributed by atoms with Crippen LogP contribution in [0.3, 0.4) is 0 Å². The number of carbonyl (C=O) groups excluding carboxylic acids is 1. The first-order valence-corrected chi connectivity index (χ1v) is 11.0. The van der Waals surface area contributed by atoms with Gasteiger partial charge in [-0.25, -0.2) is 9.97 Å². The van der Waals surface area contributed by atoms with Crippen LogP contribution >= 0.6 is 34.9 Å². The van der Waals surface area contributed by atoms with Crippen molar-refractivity contribution in [3.8, 4) is 11.3 Å². The number of aromatic nitrogens is 3. The van der Waals surface area contributed by atoms with Crippen LogP contribution in [-0.4, -0.2) is 26.0 Å². The fourth-order valence-corrected chi connectivity index (χ4v) is 4.76. The summed E-state index contributed by atoms with van der Waals surface area (Å²) in [6, 6.07) is 13.5. The standard InChI is InChI=1S/C21H17ClN4OS2/c1-12-3-8-16(13(2)9-12)25-17(27)10-28-21-20-19(23-11-24-21)18(26-29-20)14-4-6-15(22)7-5-14/h3-9,11H,10H2,1-2H3,(H,25,27). The molecule has 0 aliphatic carbocycles. The lowest BCUT2D eigenvalue weighted by Gasteiger charge is -2.09. The Hall–Kier alpha value is -2.48. The SMILES string of the molecule is Cc1ccc(NC(=O)CSc2ncnc3c(-c4ccc(Cl)cc4)nsc23)c(C)c1. The van der Waals surface area contributed by atoms with Crippen molar-refractivity contribution < 1.29 is 4.79 Å². The Bertz CT molecular complexity index is 1190. The summed E-state index contributed by atoms with van der Waals surface area (Å²) >= 11 is 8.70. The van der Waals surface area contributed by atoms with E-state index in [0.717, 1.165) is 37.8 Å². The summed E-state index contributed by atoms with van der Waals surface area (Å²) in [6.07, 6.45) is 1.51. The normalized spacial score (nSPS) is 11.0. The molecule has 1 amide bonds. The number of carbonyl (C=O) groups is 1. The van der Waals surface area contributed by atoms with Crippen molar-refractivity contribution in [1.82, 2.24) is 14.3 Å². The molecule has 0 radical (unpaired) electrons. The van der Waals surface area contributed by atoms with Gasteiger partial charge in [0.25, 0.3) is 0 Å². The van der Waals surface area contributed by atoms with Crippen molar-refractivity contribution in [3.63, 3.8) is 0 Å². The number of fused-ring (bicyclic) bond motifs is 1. The maximum atomic E-state index is 12.4. The maximum absolute atomic E-state index is 12.4. The topological polar surface area (TPSA) is 67.8 Å². The molecule has 0 saturated heterocycles. The number of hydrogen-bond acceptors (Lipinski definition) is 6. The summed E-state index contributed by atoms with van der Waals surface area (Å²) in [5.41, 5.74) is 5.57. The van der Waals surface area contributed by atoms with E-state index in [1.54, 1.807) is 0 Å². The molecular formula is C21H17ClN4OS2. The van der Waals surface area contributed by atoms with Gasteiger partial charge in [0.15, 0.2) is 0 Å². The average molecular weight is 441 g/mol. The van der Waals surface area contributed by atoms with E-state index in [9.17, 15) is 4.79 Å². The number of amides is 1. The Morgan fingerprint density at radius 3 is 2.69 bits per heavy atom. The van der Waals surface area contributed by atoms with E-state index >= 15 is 0 Å². The van der Waals surface area contributed by atoms with Crippen LogP contribution < -0.4 is 5.32 Å². The number of aryl methyl sites for hydroxylation is 2. The number of nitrogens with zero attached hydrogens (tertiary/aromatic N) is 3. The van der Waals surface area contributed by atoms with Crippen LogP contribution in [0.15, 0.2) is 53.8 Å². The first-order chi connectivity index (χ1) is 14.0. The lowest BCUT2D eigenvalue weighted by Crippen LogP contribution is -2.15. The molecule has 2 aromatic carbocycles. The smallest absolute Gasteiger partial charge is 0.234 e. The molecule has 8 heteroatoms. The highest BCUT2D eigenvalue weighted by molar-refractivity contribution is 8.00. The Labute approximate surface area is 181 Å². The molecule has 5 nitrogen and oxygen atoms in total. The fraction of sp³-hybridized carbons (Fsp3) is 0.143. The van der Waals surface area contributed by atoms with Crippen LogP contribution in [0.5, 0.6) is 0 Å². The molecule has 2 heterocycles. The van der Waals surface area contributed by atoms with Crippen LogP contribution in [0.2, 0.25) is 5.02 Å². The summed E-state index contributed by atoms with van der Waals surface area (Å²) in [5, 5.41) is 4.39. The highest BCUT2D eigenvalue weighted by Crippen LogP contribution is 2.34. The molecule has 4 rings (SSSR count). The van der Waals surface area contributed by atoms with Crippen LogP contribution in [-0.2, 0) is 4.79 Å². The van der Waals surface area contributed by atoms with Gasteiger partial charge in [0.1, 0.15) is 27.3 Å². The van der Waals surface area contributed by atoms with Gasteiger partial charge in [-0.2, -0.15) is 4.37 Å². The van der Waals surface area contributed by atoms with Gasteiger partial charge in [-0.1, -0.05) is 53.2 Å². The number of thioether (sulfide) groups is 1. The van der Waals surface area contributed by atoms with Crippen molar-refractivity contribution in [2.45, 2.75) is 18.9 Å². The van der Waals surface area contributed by atoms with Gasteiger partial charge in [0.2, 0.25) is 5.91 Å². The van der Waals surface area contributed by atoms with Gasteiger partial charge in [0, 0.05) is 16.3 Å². The summed E-state index contributed by atoms with van der Waals surface area (Å²) in [7, 11) is 0. The van der Waals surface area contributed by atoms with E-state index < -0.39 is 0 Å². The van der Waals surface area contributed by atoms with E-state index in [0.29, 0.717) is 5.02 Å². The van der Waals surface area contributed by atoms with E-state index in [2.05, 4.69) is 19.7 Å². The number of halogens is 1. The molecule has 0 fully saturated rings. The minimum atomic E-state index is -0.0730. The van der Waals surface area contributed by atoms with E-state index in [1.165, 1.54) is 35.2 Å². The minimum Gasteiger partial charge on any atom is -0.325 e. The molecular weight excluding hydrogens is 424 g/mol. The monoisotopic (exact) mass is 440 g/mol. The highest BCUT2D eigenvalue weighted by Gasteiger charge is 2.15. The van der Waals surface area contributed by atoms with E-state index in [4.69, 9.17) is 11.6 Å². The zero-order chi connectivity index (χ0) is 20.4. The predicted octanol–water partition coefficient (Wildman–Crippen LogP) is 5.75. The van der Waals surface area contributed by atoms with Crippen LogP contribution in [0.25, 0.3) is 21.5 Å². The molecule has 0 spiro atoms. The third-order valence-corrected chi connectivity index (χ3v) is 6.55. The van der Waals surface area contributed by atoms with Crippen LogP contribution in [0.1, 0.15) is 11.1 Å². The predicted molar refractivity (Wildman–Crippen MR) is 121 cm³/mol. The number of nitrogens with one attached hydrogen (secondary N) is 1. The largest absolute Gasteiger partial charge is 0.325 e. The molecule has 146 valence electrons. The third-order valence-electron chi connectivity index (χ3n) is 4.34. The highest BCUT2D eigenvalue weighted by atomic mass is 35.5. The molecule has 0 saturated carbocycles. The Balaban J connectivity index is 1.51. The lowest BCUT2D eigenvalue weighted by molar-refractivity contribution is -0.113. The second kappa shape index (κ2) is 8.49. The number of rotatable bonds is 5. The van der Waals surface area contributed by atoms with Crippen molar-refractivity contribution in [1.29, 1.82) is 0 Å². The zero-order valence-electron chi connectivity index (χ0n) is 15.8. The third kappa shape index (κ3) is 4.42. The molecule has 0 aliphatic heterocycles. The molecule has 0 bridgehead atoms. The Kier molecular flexibility index (Phi) is 5.80. The molecule has 4 aromatic rings. The molecule has 0 atom stereocenters. The Morgan fingerprint density at radius 1 is 1.14 bits per heavy atom. The van der Waals surface area contributed by atoms with Crippen LogP contribution in [0.4, 0.5) is 5.69 Å². The summed E-state index contributed by atoms with van der Waals surface area (Å²) in [4.78, 5) is 21.2. The Morgan fingerprint density at radius 2 is 1.93 bits per heavy atom. The van der Waals surface area contributed by atoms with Gasteiger partial charge in [-0.05, 0) is 49.1 Å². The summed E-state index contributed by atoms with van der Waals surface area (Å²) in [6.45, 7) is 4.02. The van der Waals surface area contributed by atoms with E-state index in [-0.39, 0.29) is 11.7 Å². The van der Waals surface area contributed by atoms with Crippen LogP contribution in [0, 0.1) is 13.8 Å². The van der Waals surface area contributed by atoms with E-state index in [1.807, 2.05) is 56.3 Å². The first kappa shape index (κ1) is 19.8. The maximum Gasteiger partial charge on any atom is 0.234 e. The van der Waals surface area contributed by atoms with Crippen molar-refractivity contribution in [2.75, 3.05) is 11.1 Å². The first-order valence-electron chi connectivity index (χ1n) is 8.87. The fourth-order valence-electron chi connectivity index (χ4n) is 2.92. The summed E-state index contributed by atoms with van der Waals surface area (Å²) in [5.74, 6) is 0.185. The van der Waals surface area contributed by atoms with Crippen molar-refractivity contribution in [2.24, 2.45) is 0 Å². The number of anilines is 1. The molecule has 2 aromatic heterocycles. The van der Waals surface area contributed by atoms with Gasteiger partial charge >= 0.3 is 0 Å². The minimum absolute atomic E-state index is 0.0730. The molecule has 29 heavy (non-hydrogen) atoms. The second-order valence-electron chi connectivity index (χ2n) is 6.55. The van der Waals surface area contributed by atoms with Gasteiger partial charge < -0.3 is 5.32 Å².